The first-order chi connectivity index (χ1) is 9.25. The highest BCUT2D eigenvalue weighted by atomic mass is 32.2. The second-order valence-corrected chi connectivity index (χ2v) is 6.31. The lowest BCUT2D eigenvalue weighted by Gasteiger charge is -2.34. The van der Waals surface area contributed by atoms with Gasteiger partial charge in [0.05, 0.1) is 6.04 Å². The third-order valence-corrected chi connectivity index (χ3v) is 4.82. The molecule has 1 aliphatic carbocycles. The van der Waals surface area contributed by atoms with Gasteiger partial charge in [-0.1, -0.05) is 6.08 Å². The van der Waals surface area contributed by atoms with Crippen LogP contribution < -0.4 is 0 Å². The van der Waals surface area contributed by atoms with Gasteiger partial charge in [0, 0.05) is 23.6 Å². The lowest BCUT2D eigenvalue weighted by atomic mass is 10.1. The number of furan rings is 1. The highest BCUT2D eigenvalue weighted by Crippen LogP contribution is 2.33. The first-order valence-electron chi connectivity index (χ1n) is 6.90. The van der Waals surface area contributed by atoms with Crippen molar-refractivity contribution in [3.63, 3.8) is 0 Å². The molecule has 4 heteroatoms. The summed E-state index contributed by atoms with van der Waals surface area (Å²) in [5.41, 5.74) is 1.00. The second-order valence-electron chi connectivity index (χ2n) is 5.16. The summed E-state index contributed by atoms with van der Waals surface area (Å²) in [5.74, 6) is 4.02. The van der Waals surface area contributed by atoms with Gasteiger partial charge in [-0.25, -0.2) is 0 Å². The predicted molar refractivity (Wildman–Crippen MR) is 77.2 cm³/mol. The number of rotatable bonds is 2. The highest BCUT2D eigenvalue weighted by Gasteiger charge is 2.32. The maximum absolute atomic E-state index is 12.6. The third kappa shape index (κ3) is 2.59. The Balaban J connectivity index is 1.82. The average Bonchev–Trinajstić information content (AvgIpc) is 3.09. The fourth-order valence-electron chi connectivity index (χ4n) is 2.76. The summed E-state index contributed by atoms with van der Waals surface area (Å²) in [4.78, 5) is 14.6. The van der Waals surface area contributed by atoms with Crippen molar-refractivity contribution >= 4 is 17.7 Å². The molecule has 1 fully saturated rings. The molecule has 1 atom stereocenters. The van der Waals surface area contributed by atoms with Gasteiger partial charge in [0.25, 0.3) is 0 Å². The van der Waals surface area contributed by atoms with Crippen LogP contribution in [0.1, 0.15) is 36.8 Å². The number of allylic oxidation sites excluding steroid dienone is 1. The van der Waals surface area contributed by atoms with Crippen molar-refractivity contribution in [1.29, 1.82) is 0 Å². The van der Waals surface area contributed by atoms with E-state index in [1.807, 2.05) is 35.7 Å². The smallest absolute Gasteiger partial charge is 0.250 e. The van der Waals surface area contributed by atoms with Crippen LogP contribution in [-0.4, -0.2) is 28.9 Å². The Morgan fingerprint density at radius 1 is 1.47 bits per heavy atom. The van der Waals surface area contributed by atoms with Crippen molar-refractivity contribution in [3.8, 4) is 0 Å². The zero-order chi connectivity index (χ0) is 13.2. The van der Waals surface area contributed by atoms with Crippen molar-refractivity contribution < 1.29 is 9.21 Å². The summed E-state index contributed by atoms with van der Waals surface area (Å²) in [7, 11) is 0. The minimum Gasteiger partial charge on any atom is -0.464 e. The first-order valence-corrected chi connectivity index (χ1v) is 8.05. The minimum absolute atomic E-state index is 0.0986. The number of hydrogen-bond acceptors (Lipinski definition) is 3. The molecule has 0 radical (unpaired) electrons. The van der Waals surface area contributed by atoms with Crippen LogP contribution in [0.15, 0.2) is 28.2 Å². The molecule has 2 heterocycles. The summed E-state index contributed by atoms with van der Waals surface area (Å²) < 4.78 is 5.74. The van der Waals surface area contributed by atoms with Crippen LogP contribution in [0.4, 0.5) is 0 Å². The molecule has 1 unspecified atom stereocenters. The van der Waals surface area contributed by atoms with Gasteiger partial charge in [0.2, 0.25) is 5.91 Å². The summed E-state index contributed by atoms with van der Waals surface area (Å²) in [5, 5.41) is 0. The van der Waals surface area contributed by atoms with E-state index >= 15 is 0 Å². The molecule has 3 nitrogen and oxygen atoms in total. The molecular formula is C15H19NO2S. The van der Waals surface area contributed by atoms with E-state index in [2.05, 4.69) is 6.08 Å². The summed E-state index contributed by atoms with van der Waals surface area (Å²) >= 11 is 1.90. The number of carbonyl (C=O) groups is 1. The maximum atomic E-state index is 12.6. The van der Waals surface area contributed by atoms with Gasteiger partial charge in [-0.05, 0) is 38.3 Å². The van der Waals surface area contributed by atoms with Crippen LogP contribution in [-0.2, 0) is 4.79 Å². The number of carbonyl (C=O) groups excluding carboxylic acids is 1. The molecule has 0 saturated carbocycles. The second kappa shape index (κ2) is 5.45. The molecule has 1 amide bonds. The van der Waals surface area contributed by atoms with E-state index in [0.29, 0.717) is 0 Å². The Hall–Kier alpha value is -1.16. The van der Waals surface area contributed by atoms with Crippen LogP contribution in [0.25, 0.3) is 0 Å². The molecule has 0 spiro atoms. The van der Waals surface area contributed by atoms with Crippen LogP contribution in [0, 0.1) is 6.92 Å². The minimum atomic E-state index is 0.0986. The Bertz CT molecular complexity index is 506. The van der Waals surface area contributed by atoms with Crippen molar-refractivity contribution in [2.45, 2.75) is 32.2 Å². The van der Waals surface area contributed by atoms with Crippen LogP contribution in [0.2, 0.25) is 0 Å². The molecule has 3 rings (SSSR count). The highest BCUT2D eigenvalue weighted by molar-refractivity contribution is 7.99. The van der Waals surface area contributed by atoms with E-state index in [0.717, 1.165) is 54.4 Å². The van der Waals surface area contributed by atoms with Gasteiger partial charge in [0.15, 0.2) is 0 Å². The molecule has 1 aliphatic heterocycles. The molecular weight excluding hydrogens is 258 g/mol. The SMILES string of the molecule is Cc1ccc(C2CSCCN2C(=O)C2=CCCC2)o1. The Labute approximate surface area is 118 Å². The molecule has 1 aromatic rings. The molecule has 1 aromatic heterocycles. The molecule has 0 N–H and O–H groups in total. The van der Waals surface area contributed by atoms with E-state index in [1.165, 1.54) is 0 Å². The van der Waals surface area contributed by atoms with Gasteiger partial charge in [-0.3, -0.25) is 4.79 Å². The van der Waals surface area contributed by atoms with E-state index in [4.69, 9.17) is 4.42 Å². The van der Waals surface area contributed by atoms with Gasteiger partial charge < -0.3 is 9.32 Å². The van der Waals surface area contributed by atoms with Crippen molar-refractivity contribution in [2.24, 2.45) is 0 Å². The van der Waals surface area contributed by atoms with Gasteiger partial charge in [-0.2, -0.15) is 11.8 Å². The number of nitrogens with zero attached hydrogens (tertiary/aromatic N) is 1. The zero-order valence-corrected chi connectivity index (χ0v) is 12.0. The summed E-state index contributed by atoms with van der Waals surface area (Å²) in [6.45, 7) is 2.77. The van der Waals surface area contributed by atoms with Crippen molar-refractivity contribution in [2.75, 3.05) is 18.1 Å². The van der Waals surface area contributed by atoms with Crippen LogP contribution in [0.5, 0.6) is 0 Å². The third-order valence-electron chi connectivity index (χ3n) is 3.79. The monoisotopic (exact) mass is 277 g/mol. The van der Waals surface area contributed by atoms with E-state index in [9.17, 15) is 4.79 Å². The van der Waals surface area contributed by atoms with Crippen molar-refractivity contribution in [1.82, 2.24) is 4.90 Å². The maximum Gasteiger partial charge on any atom is 0.250 e. The quantitative estimate of drug-likeness (QED) is 0.831. The summed E-state index contributed by atoms with van der Waals surface area (Å²) in [6.07, 6.45) is 5.21. The first kappa shape index (κ1) is 12.9. The summed E-state index contributed by atoms with van der Waals surface area (Å²) in [6, 6.07) is 4.09. The number of thioether (sulfide) groups is 1. The number of aryl methyl sites for hydroxylation is 1. The predicted octanol–water partition coefficient (Wildman–Crippen LogP) is 3.31. The molecule has 1 saturated heterocycles. The molecule has 0 aromatic carbocycles. The Kier molecular flexibility index (Phi) is 3.69. The standard InChI is InChI=1S/C15H19NO2S/c1-11-6-7-14(18-11)13-10-19-9-8-16(13)15(17)12-4-2-3-5-12/h4,6-7,13H,2-3,5,8-10H2,1H3. The molecule has 2 aliphatic rings. The van der Waals surface area contributed by atoms with E-state index < -0.39 is 0 Å². The van der Waals surface area contributed by atoms with E-state index in [-0.39, 0.29) is 11.9 Å². The lowest BCUT2D eigenvalue weighted by molar-refractivity contribution is -0.129. The molecule has 19 heavy (non-hydrogen) atoms. The largest absolute Gasteiger partial charge is 0.464 e. The Morgan fingerprint density at radius 3 is 3.05 bits per heavy atom. The normalized spacial score (nSPS) is 23.5. The Morgan fingerprint density at radius 2 is 2.37 bits per heavy atom. The van der Waals surface area contributed by atoms with Gasteiger partial charge in [-0.15, -0.1) is 0 Å². The average molecular weight is 277 g/mol. The lowest BCUT2D eigenvalue weighted by Crippen LogP contribution is -2.41. The van der Waals surface area contributed by atoms with Crippen LogP contribution >= 0.6 is 11.8 Å². The fourth-order valence-corrected chi connectivity index (χ4v) is 3.82. The van der Waals surface area contributed by atoms with Crippen LogP contribution in [0.3, 0.4) is 0 Å². The fraction of sp³-hybridized carbons (Fsp3) is 0.533. The number of hydrogen-bond donors (Lipinski definition) is 0. The molecule has 0 bridgehead atoms. The van der Waals surface area contributed by atoms with Gasteiger partial charge >= 0.3 is 0 Å². The zero-order valence-electron chi connectivity index (χ0n) is 11.2. The number of amides is 1. The van der Waals surface area contributed by atoms with Gasteiger partial charge in [0.1, 0.15) is 11.5 Å². The van der Waals surface area contributed by atoms with Crippen molar-refractivity contribution in [3.05, 3.63) is 35.3 Å². The topological polar surface area (TPSA) is 33.5 Å². The molecule has 102 valence electrons. The van der Waals surface area contributed by atoms with E-state index in [1.54, 1.807) is 0 Å².